The van der Waals surface area contributed by atoms with Crippen LogP contribution in [0.4, 0.5) is 0 Å². The summed E-state index contributed by atoms with van der Waals surface area (Å²) in [6.07, 6.45) is 3.70. The molecule has 2 aromatic rings. The maximum absolute atomic E-state index is 11.8. The molecule has 0 saturated heterocycles. The number of hydrogen-bond donors (Lipinski definition) is 1. The number of ether oxygens (including phenoxy) is 2. The molecule has 0 saturated carbocycles. The number of aryl methyl sites for hydroxylation is 1. The van der Waals surface area contributed by atoms with Crippen molar-refractivity contribution in [2.45, 2.75) is 6.42 Å². The van der Waals surface area contributed by atoms with Crippen LogP contribution in [0.2, 0.25) is 0 Å². The summed E-state index contributed by atoms with van der Waals surface area (Å²) >= 11 is 0. The highest BCUT2D eigenvalue weighted by atomic mass is 16.5. The van der Waals surface area contributed by atoms with E-state index in [9.17, 15) is 4.79 Å². The Kier molecular flexibility index (Phi) is 5.19. The topological polar surface area (TPSA) is 64.8 Å². The van der Waals surface area contributed by atoms with Crippen LogP contribution in [0.5, 0.6) is 11.5 Å². The number of carbonyl (C=O) groups excluding carboxylic acids is 1. The van der Waals surface area contributed by atoms with Crippen LogP contribution >= 0.6 is 0 Å². The van der Waals surface area contributed by atoms with Crippen molar-refractivity contribution in [3.05, 3.63) is 47.8 Å². The third-order valence-electron chi connectivity index (χ3n) is 3.22. The molecular weight excluding hydrogens is 282 g/mol. The zero-order valence-corrected chi connectivity index (χ0v) is 12.9. The molecule has 0 radical (unpaired) electrons. The predicted octanol–water partition coefficient (Wildman–Crippen LogP) is 1.74. The first-order valence-electron chi connectivity index (χ1n) is 6.78. The minimum atomic E-state index is -0.181. The lowest BCUT2D eigenvalue weighted by atomic mass is 10.2. The molecule has 1 heterocycles. The van der Waals surface area contributed by atoms with Crippen molar-refractivity contribution >= 4 is 12.1 Å². The number of aromatic nitrogens is 1. The van der Waals surface area contributed by atoms with Crippen LogP contribution in [0, 0.1) is 0 Å². The minimum absolute atomic E-state index is 0.181. The molecule has 6 heteroatoms. The smallest absolute Gasteiger partial charge is 0.245 e. The van der Waals surface area contributed by atoms with E-state index in [-0.39, 0.29) is 12.3 Å². The first-order chi connectivity index (χ1) is 10.7. The van der Waals surface area contributed by atoms with E-state index in [1.807, 2.05) is 42.1 Å². The fourth-order valence-electron chi connectivity index (χ4n) is 2.07. The fourth-order valence-corrected chi connectivity index (χ4v) is 2.07. The van der Waals surface area contributed by atoms with Gasteiger partial charge in [-0.2, -0.15) is 5.10 Å². The van der Waals surface area contributed by atoms with E-state index in [0.717, 1.165) is 11.3 Å². The van der Waals surface area contributed by atoms with Gasteiger partial charge in [-0.25, -0.2) is 5.43 Å². The third-order valence-corrected chi connectivity index (χ3v) is 3.22. The van der Waals surface area contributed by atoms with E-state index in [1.54, 1.807) is 20.3 Å². The SMILES string of the molecule is COc1cccc(C=NNC(=O)Cc2cccn2C)c1OC. The van der Waals surface area contributed by atoms with Gasteiger partial charge in [0.25, 0.3) is 0 Å². The van der Waals surface area contributed by atoms with Crippen molar-refractivity contribution in [1.82, 2.24) is 9.99 Å². The maximum atomic E-state index is 11.8. The normalized spacial score (nSPS) is 10.7. The Morgan fingerprint density at radius 2 is 2.09 bits per heavy atom. The summed E-state index contributed by atoms with van der Waals surface area (Å²) < 4.78 is 12.4. The van der Waals surface area contributed by atoms with Gasteiger partial charge in [0.05, 0.1) is 26.9 Å². The van der Waals surface area contributed by atoms with Gasteiger partial charge < -0.3 is 14.0 Å². The number of hydrazone groups is 1. The van der Waals surface area contributed by atoms with Crippen LogP contribution in [-0.2, 0) is 18.3 Å². The lowest BCUT2D eigenvalue weighted by Gasteiger charge is -2.09. The van der Waals surface area contributed by atoms with E-state index in [1.165, 1.54) is 6.21 Å². The van der Waals surface area contributed by atoms with Gasteiger partial charge in [0.15, 0.2) is 11.5 Å². The summed E-state index contributed by atoms with van der Waals surface area (Å²) in [6, 6.07) is 9.24. The first-order valence-corrected chi connectivity index (χ1v) is 6.78. The van der Waals surface area contributed by atoms with Gasteiger partial charge in [-0.15, -0.1) is 0 Å². The van der Waals surface area contributed by atoms with E-state index >= 15 is 0 Å². The molecule has 0 bridgehead atoms. The fraction of sp³-hybridized carbons (Fsp3) is 0.250. The summed E-state index contributed by atoms with van der Waals surface area (Å²) in [5.74, 6) is 1.01. The van der Waals surface area contributed by atoms with Gasteiger partial charge in [-0.05, 0) is 24.3 Å². The Labute approximate surface area is 129 Å². The molecule has 1 aromatic carbocycles. The van der Waals surface area contributed by atoms with Gasteiger partial charge in [0.2, 0.25) is 5.91 Å². The zero-order chi connectivity index (χ0) is 15.9. The average Bonchev–Trinajstić information content (AvgIpc) is 2.92. The number of nitrogens with zero attached hydrogens (tertiary/aromatic N) is 2. The maximum Gasteiger partial charge on any atom is 0.245 e. The molecule has 22 heavy (non-hydrogen) atoms. The standard InChI is InChI=1S/C16H19N3O3/c1-19-9-5-7-13(19)10-15(20)18-17-11-12-6-4-8-14(21-2)16(12)22-3/h4-9,11H,10H2,1-3H3,(H,18,20). The van der Waals surface area contributed by atoms with E-state index in [2.05, 4.69) is 10.5 Å². The summed E-state index contributed by atoms with van der Waals surface area (Å²) in [6.45, 7) is 0. The number of benzene rings is 1. The number of amides is 1. The lowest BCUT2D eigenvalue weighted by Crippen LogP contribution is -2.20. The molecular formula is C16H19N3O3. The predicted molar refractivity (Wildman–Crippen MR) is 84.4 cm³/mol. The minimum Gasteiger partial charge on any atom is -0.493 e. The number of para-hydroxylation sites is 1. The van der Waals surface area contributed by atoms with Crippen molar-refractivity contribution in [3.8, 4) is 11.5 Å². The molecule has 116 valence electrons. The van der Waals surface area contributed by atoms with Crippen molar-refractivity contribution < 1.29 is 14.3 Å². The molecule has 0 aliphatic heterocycles. The van der Waals surface area contributed by atoms with Gasteiger partial charge in [0, 0.05) is 24.5 Å². The van der Waals surface area contributed by atoms with E-state index in [4.69, 9.17) is 9.47 Å². The molecule has 0 aliphatic carbocycles. The zero-order valence-electron chi connectivity index (χ0n) is 12.9. The molecule has 0 spiro atoms. The second kappa shape index (κ2) is 7.31. The van der Waals surface area contributed by atoms with Gasteiger partial charge >= 0.3 is 0 Å². The Morgan fingerprint density at radius 3 is 2.73 bits per heavy atom. The summed E-state index contributed by atoms with van der Waals surface area (Å²) in [4.78, 5) is 11.8. The molecule has 1 amide bonds. The number of nitrogens with one attached hydrogen (secondary N) is 1. The summed E-state index contributed by atoms with van der Waals surface area (Å²) in [5, 5.41) is 3.97. The highest BCUT2D eigenvalue weighted by molar-refractivity contribution is 5.86. The van der Waals surface area contributed by atoms with Crippen LogP contribution < -0.4 is 14.9 Å². The quantitative estimate of drug-likeness (QED) is 0.653. The number of carbonyl (C=O) groups is 1. The lowest BCUT2D eigenvalue weighted by molar-refractivity contribution is -0.120. The Bertz CT molecular complexity index is 677. The van der Waals surface area contributed by atoms with Crippen LogP contribution in [0.25, 0.3) is 0 Å². The van der Waals surface area contributed by atoms with Gasteiger partial charge in [-0.1, -0.05) is 6.07 Å². The third kappa shape index (κ3) is 3.66. The highest BCUT2D eigenvalue weighted by Crippen LogP contribution is 2.29. The van der Waals surface area contributed by atoms with Crippen LogP contribution in [-0.4, -0.2) is 30.9 Å². The molecule has 1 N–H and O–H groups in total. The summed E-state index contributed by atoms with van der Waals surface area (Å²) in [5.41, 5.74) is 4.15. The summed E-state index contributed by atoms with van der Waals surface area (Å²) in [7, 11) is 5.02. The molecule has 2 rings (SSSR count). The van der Waals surface area contributed by atoms with E-state index in [0.29, 0.717) is 11.5 Å². The highest BCUT2D eigenvalue weighted by Gasteiger charge is 2.08. The number of hydrogen-bond acceptors (Lipinski definition) is 4. The van der Waals surface area contributed by atoms with Crippen molar-refractivity contribution in [3.63, 3.8) is 0 Å². The van der Waals surface area contributed by atoms with E-state index < -0.39 is 0 Å². The Hall–Kier alpha value is -2.76. The number of rotatable bonds is 6. The molecule has 6 nitrogen and oxygen atoms in total. The van der Waals surface area contributed by atoms with Gasteiger partial charge in [-0.3, -0.25) is 4.79 Å². The first kappa shape index (κ1) is 15.6. The van der Waals surface area contributed by atoms with Gasteiger partial charge in [0.1, 0.15) is 0 Å². The van der Waals surface area contributed by atoms with Crippen LogP contribution in [0.15, 0.2) is 41.6 Å². The van der Waals surface area contributed by atoms with Crippen LogP contribution in [0.1, 0.15) is 11.3 Å². The molecule has 0 atom stereocenters. The Balaban J connectivity index is 2.01. The van der Waals surface area contributed by atoms with Crippen molar-refractivity contribution in [1.29, 1.82) is 0 Å². The largest absolute Gasteiger partial charge is 0.493 e. The Morgan fingerprint density at radius 1 is 1.27 bits per heavy atom. The molecule has 0 unspecified atom stereocenters. The van der Waals surface area contributed by atoms with Crippen molar-refractivity contribution in [2.24, 2.45) is 12.1 Å². The second-order valence-electron chi connectivity index (χ2n) is 4.66. The average molecular weight is 301 g/mol. The molecule has 0 fully saturated rings. The van der Waals surface area contributed by atoms with Crippen molar-refractivity contribution in [2.75, 3.05) is 14.2 Å². The molecule has 1 aromatic heterocycles. The second-order valence-corrected chi connectivity index (χ2v) is 4.66. The monoisotopic (exact) mass is 301 g/mol. The molecule has 0 aliphatic rings. The number of methoxy groups -OCH3 is 2. The van der Waals surface area contributed by atoms with Crippen LogP contribution in [0.3, 0.4) is 0 Å².